The Kier molecular flexibility index (Phi) is 6.99. The lowest BCUT2D eigenvalue weighted by molar-refractivity contribution is -0.137. The number of carboxylic acids is 1. The number of nitrogens with one attached hydrogen (secondary N) is 1. The Morgan fingerprint density at radius 2 is 1.92 bits per heavy atom. The molecule has 7 heteroatoms. The highest BCUT2D eigenvalue weighted by Crippen LogP contribution is 2.18. The summed E-state index contributed by atoms with van der Waals surface area (Å²) in [6, 6.07) is 5.92. The number of nitrogens with zero attached hydrogens (tertiary/aromatic N) is 1. The molecular formula is C17H23FN2O4. The SMILES string of the molecule is O=C(O)CCCNC(=O)N(Cc1ccc(F)cc1)C1CCOCC1. The summed E-state index contributed by atoms with van der Waals surface area (Å²) in [5.41, 5.74) is 0.851. The van der Waals surface area contributed by atoms with Crippen molar-refractivity contribution in [2.75, 3.05) is 19.8 Å². The minimum absolute atomic E-state index is 0.0233. The van der Waals surface area contributed by atoms with Gasteiger partial charge in [0.15, 0.2) is 0 Å². The summed E-state index contributed by atoms with van der Waals surface area (Å²) >= 11 is 0. The Labute approximate surface area is 140 Å². The smallest absolute Gasteiger partial charge is 0.317 e. The van der Waals surface area contributed by atoms with E-state index in [2.05, 4.69) is 5.32 Å². The van der Waals surface area contributed by atoms with Crippen LogP contribution in [0.15, 0.2) is 24.3 Å². The summed E-state index contributed by atoms with van der Waals surface area (Å²) in [6.07, 6.45) is 1.92. The van der Waals surface area contributed by atoms with Crippen LogP contribution in [-0.4, -0.2) is 47.8 Å². The summed E-state index contributed by atoms with van der Waals surface area (Å²) in [6.45, 7) is 1.91. The van der Waals surface area contributed by atoms with Crippen LogP contribution >= 0.6 is 0 Å². The summed E-state index contributed by atoms with van der Waals surface area (Å²) < 4.78 is 18.4. The molecule has 1 aromatic carbocycles. The molecule has 1 aromatic rings. The second-order valence-corrected chi connectivity index (χ2v) is 5.83. The maximum absolute atomic E-state index is 13.1. The van der Waals surface area contributed by atoms with Crippen LogP contribution in [0.1, 0.15) is 31.2 Å². The van der Waals surface area contributed by atoms with Gasteiger partial charge in [-0.2, -0.15) is 0 Å². The van der Waals surface area contributed by atoms with Gasteiger partial charge < -0.3 is 20.1 Å². The summed E-state index contributed by atoms with van der Waals surface area (Å²) in [5, 5.41) is 11.4. The number of amides is 2. The third kappa shape index (κ3) is 5.81. The van der Waals surface area contributed by atoms with E-state index < -0.39 is 5.97 Å². The molecule has 0 radical (unpaired) electrons. The van der Waals surface area contributed by atoms with Gasteiger partial charge >= 0.3 is 12.0 Å². The number of hydrogen-bond donors (Lipinski definition) is 2. The second kappa shape index (κ2) is 9.22. The summed E-state index contributed by atoms with van der Waals surface area (Å²) in [5.74, 6) is -1.19. The van der Waals surface area contributed by atoms with Crippen molar-refractivity contribution in [2.45, 2.75) is 38.3 Å². The van der Waals surface area contributed by atoms with Crippen LogP contribution in [-0.2, 0) is 16.1 Å². The number of halogens is 1. The molecule has 1 saturated heterocycles. The molecule has 1 heterocycles. The number of carboxylic acid groups (broad SMARTS) is 1. The molecule has 6 nitrogen and oxygen atoms in total. The third-order valence-electron chi connectivity index (χ3n) is 4.00. The van der Waals surface area contributed by atoms with Gasteiger partial charge in [0.05, 0.1) is 0 Å². The normalized spacial score (nSPS) is 15.0. The van der Waals surface area contributed by atoms with Gasteiger partial charge in [0, 0.05) is 38.8 Å². The van der Waals surface area contributed by atoms with Crippen molar-refractivity contribution in [3.05, 3.63) is 35.6 Å². The number of aliphatic carboxylic acids is 1. The zero-order valence-electron chi connectivity index (χ0n) is 13.5. The number of carbonyl (C=O) groups is 2. The standard InChI is InChI=1S/C17H23FN2O4/c18-14-5-3-13(4-6-14)12-20(15-7-10-24-11-8-15)17(23)19-9-1-2-16(21)22/h3-6,15H,1-2,7-12H2,(H,19,23)(H,21,22). The lowest BCUT2D eigenvalue weighted by Crippen LogP contribution is -2.48. The van der Waals surface area contributed by atoms with E-state index in [1.807, 2.05) is 0 Å². The highest BCUT2D eigenvalue weighted by Gasteiger charge is 2.25. The van der Waals surface area contributed by atoms with Gasteiger partial charge in [-0.25, -0.2) is 9.18 Å². The van der Waals surface area contributed by atoms with Crippen molar-refractivity contribution in [3.8, 4) is 0 Å². The first kappa shape index (κ1) is 18.2. The number of benzene rings is 1. The molecule has 0 atom stereocenters. The highest BCUT2D eigenvalue weighted by atomic mass is 19.1. The van der Waals surface area contributed by atoms with Crippen molar-refractivity contribution in [1.29, 1.82) is 0 Å². The van der Waals surface area contributed by atoms with E-state index in [1.165, 1.54) is 12.1 Å². The predicted octanol–water partition coefficient (Wildman–Crippen LogP) is 2.38. The number of urea groups is 1. The Hall–Kier alpha value is -2.15. The fourth-order valence-electron chi connectivity index (χ4n) is 2.69. The number of carbonyl (C=O) groups excluding carboxylic acids is 1. The Balaban J connectivity index is 1.97. The summed E-state index contributed by atoms with van der Waals surface area (Å²) in [7, 11) is 0. The minimum Gasteiger partial charge on any atom is -0.481 e. The molecule has 0 spiro atoms. The molecule has 2 amide bonds. The van der Waals surface area contributed by atoms with Crippen LogP contribution in [0.4, 0.5) is 9.18 Å². The van der Waals surface area contributed by atoms with Gasteiger partial charge in [-0.1, -0.05) is 12.1 Å². The van der Waals surface area contributed by atoms with Crippen molar-refractivity contribution >= 4 is 12.0 Å². The maximum atomic E-state index is 13.1. The van der Waals surface area contributed by atoms with E-state index in [9.17, 15) is 14.0 Å². The van der Waals surface area contributed by atoms with Crippen LogP contribution in [0, 0.1) is 5.82 Å². The topological polar surface area (TPSA) is 78.9 Å². The molecule has 1 aliphatic rings. The lowest BCUT2D eigenvalue weighted by Gasteiger charge is -2.34. The fraction of sp³-hybridized carbons (Fsp3) is 0.529. The lowest BCUT2D eigenvalue weighted by atomic mass is 10.1. The molecule has 0 aliphatic carbocycles. The first-order chi connectivity index (χ1) is 11.6. The molecule has 0 saturated carbocycles. The zero-order chi connectivity index (χ0) is 17.4. The maximum Gasteiger partial charge on any atom is 0.317 e. The van der Waals surface area contributed by atoms with E-state index >= 15 is 0 Å². The third-order valence-corrected chi connectivity index (χ3v) is 4.00. The van der Waals surface area contributed by atoms with Gasteiger partial charge in [-0.3, -0.25) is 4.79 Å². The molecule has 0 unspecified atom stereocenters. The average Bonchev–Trinajstić information content (AvgIpc) is 2.58. The first-order valence-corrected chi connectivity index (χ1v) is 8.14. The molecule has 0 bridgehead atoms. The average molecular weight is 338 g/mol. The minimum atomic E-state index is -0.878. The van der Waals surface area contributed by atoms with Crippen molar-refractivity contribution in [2.24, 2.45) is 0 Å². The van der Waals surface area contributed by atoms with Crippen molar-refractivity contribution in [1.82, 2.24) is 10.2 Å². The first-order valence-electron chi connectivity index (χ1n) is 8.14. The molecule has 24 heavy (non-hydrogen) atoms. The van der Waals surface area contributed by atoms with Gasteiger partial charge in [0.25, 0.3) is 0 Å². The van der Waals surface area contributed by atoms with Gasteiger partial charge in [0.1, 0.15) is 5.82 Å². The molecular weight excluding hydrogens is 315 g/mol. The molecule has 1 aliphatic heterocycles. The number of ether oxygens (including phenoxy) is 1. The largest absolute Gasteiger partial charge is 0.481 e. The van der Waals surface area contributed by atoms with E-state index in [1.54, 1.807) is 17.0 Å². The Bertz CT molecular complexity index is 544. The predicted molar refractivity (Wildman–Crippen MR) is 86.1 cm³/mol. The van der Waals surface area contributed by atoms with Gasteiger partial charge in [0.2, 0.25) is 0 Å². The monoisotopic (exact) mass is 338 g/mol. The van der Waals surface area contributed by atoms with Crippen LogP contribution in [0.25, 0.3) is 0 Å². The van der Waals surface area contributed by atoms with Crippen molar-refractivity contribution < 1.29 is 23.8 Å². The zero-order valence-corrected chi connectivity index (χ0v) is 13.5. The van der Waals surface area contributed by atoms with Crippen LogP contribution in [0.2, 0.25) is 0 Å². The van der Waals surface area contributed by atoms with Crippen LogP contribution < -0.4 is 5.32 Å². The number of rotatable bonds is 7. The Morgan fingerprint density at radius 3 is 2.54 bits per heavy atom. The Morgan fingerprint density at radius 1 is 1.25 bits per heavy atom. The highest BCUT2D eigenvalue weighted by molar-refractivity contribution is 5.74. The van der Waals surface area contributed by atoms with E-state index in [-0.39, 0.29) is 24.3 Å². The fourth-order valence-corrected chi connectivity index (χ4v) is 2.69. The van der Waals surface area contributed by atoms with Gasteiger partial charge in [-0.15, -0.1) is 0 Å². The number of hydrogen-bond acceptors (Lipinski definition) is 3. The quantitative estimate of drug-likeness (QED) is 0.748. The van der Waals surface area contributed by atoms with E-state index in [0.29, 0.717) is 32.7 Å². The molecule has 132 valence electrons. The molecule has 2 N–H and O–H groups in total. The van der Waals surface area contributed by atoms with Crippen molar-refractivity contribution in [3.63, 3.8) is 0 Å². The van der Waals surface area contributed by atoms with Crippen LogP contribution in [0.5, 0.6) is 0 Å². The second-order valence-electron chi connectivity index (χ2n) is 5.83. The van der Waals surface area contributed by atoms with Crippen LogP contribution in [0.3, 0.4) is 0 Å². The molecule has 0 aromatic heterocycles. The van der Waals surface area contributed by atoms with Gasteiger partial charge in [-0.05, 0) is 37.0 Å². The molecule has 2 rings (SSSR count). The summed E-state index contributed by atoms with van der Waals surface area (Å²) in [4.78, 5) is 24.8. The van der Waals surface area contributed by atoms with E-state index in [4.69, 9.17) is 9.84 Å². The van der Waals surface area contributed by atoms with E-state index in [0.717, 1.165) is 18.4 Å². The molecule has 1 fully saturated rings.